The van der Waals surface area contributed by atoms with E-state index in [9.17, 15) is 4.39 Å². The smallest absolute Gasteiger partial charge is 0.123 e. The van der Waals surface area contributed by atoms with E-state index in [1.807, 2.05) is 6.92 Å². The van der Waals surface area contributed by atoms with Gasteiger partial charge in [-0.15, -0.1) is 11.3 Å². The van der Waals surface area contributed by atoms with Gasteiger partial charge in [-0.2, -0.15) is 0 Å². The van der Waals surface area contributed by atoms with Gasteiger partial charge in [0, 0.05) is 10.4 Å². The number of rotatable bonds is 2. The Balaban J connectivity index is 2.41. The molecule has 0 radical (unpaired) electrons. The molecule has 15 heavy (non-hydrogen) atoms. The van der Waals surface area contributed by atoms with Crippen molar-refractivity contribution in [1.29, 1.82) is 0 Å². The molecule has 0 aliphatic heterocycles. The van der Waals surface area contributed by atoms with Crippen LogP contribution in [-0.2, 0) is 6.61 Å². The number of hydrogen-bond acceptors (Lipinski definition) is 3. The molecule has 0 saturated carbocycles. The summed E-state index contributed by atoms with van der Waals surface area (Å²) in [5.74, 6) is -0.255. The Hall–Kier alpha value is -1.26. The molecule has 1 N–H and O–H groups in total. The number of benzene rings is 1. The summed E-state index contributed by atoms with van der Waals surface area (Å²) in [7, 11) is 0. The lowest BCUT2D eigenvalue weighted by molar-refractivity contribution is 0.277. The zero-order chi connectivity index (χ0) is 10.8. The van der Waals surface area contributed by atoms with Gasteiger partial charge in [0.05, 0.1) is 12.3 Å². The average Bonchev–Trinajstić information content (AvgIpc) is 2.61. The molecule has 0 spiro atoms. The Bertz CT molecular complexity index is 464. The average molecular weight is 223 g/mol. The molecule has 0 unspecified atom stereocenters. The topological polar surface area (TPSA) is 33.1 Å². The van der Waals surface area contributed by atoms with Gasteiger partial charge in [0.2, 0.25) is 0 Å². The fourth-order valence-corrected chi connectivity index (χ4v) is 2.22. The van der Waals surface area contributed by atoms with E-state index in [0.29, 0.717) is 5.69 Å². The number of aromatic nitrogens is 1. The van der Waals surface area contributed by atoms with Crippen molar-refractivity contribution in [3.63, 3.8) is 0 Å². The fourth-order valence-electron chi connectivity index (χ4n) is 1.29. The van der Waals surface area contributed by atoms with Crippen LogP contribution in [0.25, 0.3) is 10.6 Å². The third-order valence-corrected chi connectivity index (χ3v) is 3.20. The maximum absolute atomic E-state index is 12.7. The Morgan fingerprint density at radius 2 is 2.00 bits per heavy atom. The maximum Gasteiger partial charge on any atom is 0.123 e. The molecule has 1 aromatic carbocycles. The number of aliphatic hydroxyl groups excluding tert-OH is 1. The molecule has 0 aliphatic rings. The summed E-state index contributed by atoms with van der Waals surface area (Å²) >= 11 is 1.50. The first-order valence-corrected chi connectivity index (χ1v) is 5.35. The van der Waals surface area contributed by atoms with E-state index in [2.05, 4.69) is 4.98 Å². The van der Waals surface area contributed by atoms with Crippen molar-refractivity contribution in [2.24, 2.45) is 0 Å². The van der Waals surface area contributed by atoms with Crippen LogP contribution in [0, 0.1) is 12.7 Å². The van der Waals surface area contributed by atoms with E-state index in [4.69, 9.17) is 5.11 Å². The van der Waals surface area contributed by atoms with Gasteiger partial charge in [0.25, 0.3) is 0 Å². The Labute approximate surface area is 91.0 Å². The number of halogens is 1. The third kappa shape index (κ3) is 2.06. The normalized spacial score (nSPS) is 10.6. The van der Waals surface area contributed by atoms with Crippen molar-refractivity contribution < 1.29 is 9.50 Å². The van der Waals surface area contributed by atoms with Gasteiger partial charge < -0.3 is 5.11 Å². The van der Waals surface area contributed by atoms with Crippen molar-refractivity contribution in [3.8, 4) is 10.6 Å². The van der Waals surface area contributed by atoms with E-state index in [1.54, 1.807) is 12.1 Å². The largest absolute Gasteiger partial charge is 0.390 e. The zero-order valence-corrected chi connectivity index (χ0v) is 9.01. The van der Waals surface area contributed by atoms with Crippen molar-refractivity contribution in [3.05, 3.63) is 40.7 Å². The fraction of sp³-hybridized carbons (Fsp3) is 0.182. The number of aryl methyl sites for hydroxylation is 1. The molecule has 0 aliphatic carbocycles. The van der Waals surface area contributed by atoms with Crippen LogP contribution in [-0.4, -0.2) is 10.1 Å². The minimum atomic E-state index is -0.255. The van der Waals surface area contributed by atoms with Gasteiger partial charge in [0.15, 0.2) is 0 Å². The first kappa shape index (κ1) is 10.3. The zero-order valence-electron chi connectivity index (χ0n) is 8.20. The first-order valence-electron chi connectivity index (χ1n) is 4.54. The molecule has 0 bridgehead atoms. The minimum Gasteiger partial charge on any atom is -0.390 e. The van der Waals surface area contributed by atoms with E-state index in [1.165, 1.54) is 23.5 Å². The molecule has 78 valence electrons. The van der Waals surface area contributed by atoms with E-state index in [-0.39, 0.29) is 12.4 Å². The highest BCUT2D eigenvalue weighted by atomic mass is 32.1. The molecule has 2 aromatic rings. The summed E-state index contributed by atoms with van der Waals surface area (Å²) < 4.78 is 12.7. The molecular formula is C11H10FNOS. The van der Waals surface area contributed by atoms with Gasteiger partial charge in [-0.05, 0) is 31.2 Å². The molecule has 1 heterocycles. The van der Waals surface area contributed by atoms with E-state index < -0.39 is 0 Å². The van der Waals surface area contributed by atoms with Gasteiger partial charge in [-0.1, -0.05) is 0 Å². The Kier molecular flexibility index (Phi) is 2.79. The van der Waals surface area contributed by atoms with Crippen LogP contribution < -0.4 is 0 Å². The summed E-state index contributed by atoms with van der Waals surface area (Å²) in [6, 6.07) is 6.19. The summed E-state index contributed by atoms with van der Waals surface area (Å²) in [5.41, 5.74) is 1.57. The number of aliphatic hydroxyl groups is 1. The van der Waals surface area contributed by atoms with Crippen LogP contribution >= 0.6 is 11.3 Å². The highest BCUT2D eigenvalue weighted by molar-refractivity contribution is 7.15. The lowest BCUT2D eigenvalue weighted by atomic mass is 10.2. The summed E-state index contributed by atoms with van der Waals surface area (Å²) in [6.45, 7) is 1.86. The van der Waals surface area contributed by atoms with E-state index in [0.717, 1.165) is 15.4 Å². The van der Waals surface area contributed by atoms with Crippen molar-refractivity contribution >= 4 is 11.3 Å². The predicted molar refractivity (Wildman–Crippen MR) is 58.2 cm³/mol. The molecule has 4 heteroatoms. The van der Waals surface area contributed by atoms with Crippen molar-refractivity contribution in [2.75, 3.05) is 0 Å². The third-order valence-electron chi connectivity index (χ3n) is 2.13. The SMILES string of the molecule is Cc1sc(-c2ccc(F)cc2)nc1CO. The number of hydrogen-bond donors (Lipinski definition) is 1. The van der Waals surface area contributed by atoms with E-state index >= 15 is 0 Å². The second-order valence-electron chi connectivity index (χ2n) is 3.19. The standard InChI is InChI=1S/C11H10FNOS/c1-7-10(6-14)13-11(15-7)8-2-4-9(12)5-3-8/h2-5,14H,6H2,1H3. The van der Waals surface area contributed by atoms with Crippen LogP contribution in [0.2, 0.25) is 0 Å². The monoisotopic (exact) mass is 223 g/mol. The van der Waals surface area contributed by atoms with Crippen molar-refractivity contribution in [2.45, 2.75) is 13.5 Å². The van der Waals surface area contributed by atoms with Crippen LogP contribution in [0.4, 0.5) is 4.39 Å². The summed E-state index contributed by atoms with van der Waals surface area (Å²) in [5, 5.41) is 9.82. The molecule has 0 saturated heterocycles. The Morgan fingerprint density at radius 3 is 2.53 bits per heavy atom. The molecule has 2 rings (SSSR count). The van der Waals surface area contributed by atoms with Gasteiger partial charge in [-0.25, -0.2) is 9.37 Å². The van der Waals surface area contributed by atoms with Gasteiger partial charge in [-0.3, -0.25) is 0 Å². The molecule has 1 aromatic heterocycles. The quantitative estimate of drug-likeness (QED) is 0.849. The van der Waals surface area contributed by atoms with Gasteiger partial charge in [0.1, 0.15) is 10.8 Å². The van der Waals surface area contributed by atoms with Crippen LogP contribution in [0.15, 0.2) is 24.3 Å². The van der Waals surface area contributed by atoms with Crippen LogP contribution in [0.5, 0.6) is 0 Å². The Morgan fingerprint density at radius 1 is 1.33 bits per heavy atom. The number of nitrogens with zero attached hydrogens (tertiary/aromatic N) is 1. The second-order valence-corrected chi connectivity index (χ2v) is 4.39. The summed E-state index contributed by atoms with van der Waals surface area (Å²) in [6.07, 6.45) is 0. The highest BCUT2D eigenvalue weighted by Crippen LogP contribution is 2.27. The molecular weight excluding hydrogens is 213 g/mol. The molecule has 2 nitrogen and oxygen atoms in total. The minimum absolute atomic E-state index is 0.0521. The van der Waals surface area contributed by atoms with Crippen LogP contribution in [0.1, 0.15) is 10.6 Å². The van der Waals surface area contributed by atoms with Crippen LogP contribution in [0.3, 0.4) is 0 Å². The van der Waals surface area contributed by atoms with Gasteiger partial charge >= 0.3 is 0 Å². The lowest BCUT2D eigenvalue weighted by Crippen LogP contribution is -1.85. The summed E-state index contributed by atoms with van der Waals surface area (Å²) in [4.78, 5) is 5.27. The predicted octanol–water partition coefficient (Wildman–Crippen LogP) is 2.75. The molecule has 0 atom stereocenters. The first-order chi connectivity index (χ1) is 7.20. The highest BCUT2D eigenvalue weighted by Gasteiger charge is 2.08. The second kappa shape index (κ2) is 4.08. The molecule has 0 amide bonds. The lowest BCUT2D eigenvalue weighted by Gasteiger charge is -1.94. The number of thiazole rings is 1. The molecule has 0 fully saturated rings. The van der Waals surface area contributed by atoms with Crippen molar-refractivity contribution in [1.82, 2.24) is 4.98 Å². The maximum atomic E-state index is 12.7.